The molecule has 36 heavy (non-hydrogen) atoms. The van der Waals surface area contributed by atoms with E-state index in [1.54, 1.807) is 32.0 Å². The van der Waals surface area contributed by atoms with Crippen molar-refractivity contribution in [2.45, 2.75) is 31.8 Å². The molecule has 0 saturated heterocycles. The molecular formula is C24H28N4O8. The summed E-state index contributed by atoms with van der Waals surface area (Å²) in [6.45, 7) is 2.04. The zero-order valence-electron chi connectivity index (χ0n) is 20.0. The predicted octanol–water partition coefficient (Wildman–Crippen LogP) is 0.631. The molecule has 192 valence electrons. The summed E-state index contributed by atoms with van der Waals surface area (Å²) in [6.07, 6.45) is -0.185. The highest BCUT2D eigenvalue weighted by molar-refractivity contribution is 6.22. The van der Waals surface area contributed by atoms with E-state index in [4.69, 9.17) is 5.73 Å². The van der Waals surface area contributed by atoms with Crippen LogP contribution in [0.25, 0.3) is 5.76 Å². The molecule has 0 heterocycles. The average Bonchev–Trinajstić information content (AvgIpc) is 2.77. The number of benzene rings is 1. The van der Waals surface area contributed by atoms with E-state index >= 15 is 0 Å². The molecule has 3 aliphatic rings. The van der Waals surface area contributed by atoms with Crippen LogP contribution in [0.5, 0.6) is 5.75 Å². The number of ketones is 2. The number of phenolic OH excluding ortho intramolecular Hbond substituents is 1. The number of hydrogen-bond acceptors (Lipinski definition) is 9. The number of primary amides is 1. The summed E-state index contributed by atoms with van der Waals surface area (Å²) in [5.41, 5.74) is 2.42. The number of Topliss-reactive ketones (excluding diaryl/α,β-unsaturated/α-hetero) is 2. The van der Waals surface area contributed by atoms with E-state index in [9.17, 15) is 39.6 Å². The summed E-state index contributed by atoms with van der Waals surface area (Å²) in [4.78, 5) is 51.6. The van der Waals surface area contributed by atoms with Gasteiger partial charge in [-0.15, -0.1) is 0 Å². The van der Waals surface area contributed by atoms with Crippen molar-refractivity contribution in [1.29, 1.82) is 0 Å². The zero-order chi connectivity index (χ0) is 26.7. The summed E-state index contributed by atoms with van der Waals surface area (Å²) in [7, 11) is 3.47. The van der Waals surface area contributed by atoms with Gasteiger partial charge >= 0.3 is 6.03 Å². The Morgan fingerprint density at radius 1 is 1.19 bits per heavy atom. The van der Waals surface area contributed by atoms with Crippen LogP contribution in [0.15, 0.2) is 23.0 Å². The summed E-state index contributed by atoms with van der Waals surface area (Å²) in [5, 5.41) is 49.3. The van der Waals surface area contributed by atoms with Crippen molar-refractivity contribution in [2.75, 3.05) is 30.9 Å². The molecule has 12 heteroatoms. The van der Waals surface area contributed by atoms with Gasteiger partial charge in [0.1, 0.15) is 17.1 Å². The maximum Gasteiger partial charge on any atom is 0.319 e. The minimum absolute atomic E-state index is 0.0177. The highest BCUT2D eigenvalue weighted by atomic mass is 16.3. The summed E-state index contributed by atoms with van der Waals surface area (Å²) in [6, 6.07) is 0.950. The number of aromatic hydroxyl groups is 1. The summed E-state index contributed by atoms with van der Waals surface area (Å²) in [5.74, 6) is -7.06. The molecular weight excluding hydrogens is 472 g/mol. The van der Waals surface area contributed by atoms with Crippen molar-refractivity contribution in [3.05, 3.63) is 34.1 Å². The van der Waals surface area contributed by atoms with Crippen molar-refractivity contribution < 1.29 is 39.6 Å². The average molecular weight is 501 g/mol. The monoisotopic (exact) mass is 500 g/mol. The van der Waals surface area contributed by atoms with E-state index in [0.29, 0.717) is 17.8 Å². The smallest absolute Gasteiger partial charge is 0.319 e. The molecule has 8 N–H and O–H groups in total. The number of aliphatic hydroxyl groups excluding tert-OH is 2. The summed E-state index contributed by atoms with van der Waals surface area (Å²) >= 11 is 0. The Hall–Kier alpha value is -4.06. The number of carbonyl (C=O) groups excluding carboxylic acids is 4. The second kappa shape index (κ2) is 8.55. The third-order valence-corrected chi connectivity index (χ3v) is 7.11. The third kappa shape index (κ3) is 3.48. The third-order valence-electron chi connectivity index (χ3n) is 7.11. The van der Waals surface area contributed by atoms with E-state index in [1.807, 2.05) is 0 Å². The predicted molar refractivity (Wildman–Crippen MR) is 128 cm³/mol. The maximum absolute atomic E-state index is 13.6. The number of rotatable bonds is 4. The highest BCUT2D eigenvalue weighted by Gasteiger charge is 2.60. The standard InChI is InChI=1S/C24H28N4O8/c1-4-26-23(35)27-12-8-13(28(2)3)11-6-9-5-10-7-14(29)17(22(25)34)21(33)24(10,36)20(32)15(9)19(31)16(11)18(12)30/h8-10,30-31,33,36H,4-7H2,1-3H3,(H2,25,34)(H2,26,27,35)/t9-,10+,24+/m1/s1. The SMILES string of the molecule is CCNC(=O)Nc1cc(N(C)C)c2c(c1O)C(O)=C1C(=O)[C@]3(O)C(O)=C(C(N)=O)C(=O)C[C@@H]3C[C@@H]1C2. The first kappa shape index (κ1) is 25.0. The van der Waals surface area contributed by atoms with E-state index < -0.39 is 63.8 Å². The molecule has 12 nitrogen and oxygen atoms in total. The fourth-order valence-electron chi connectivity index (χ4n) is 5.49. The number of carbonyl (C=O) groups is 4. The van der Waals surface area contributed by atoms with Gasteiger partial charge in [-0.3, -0.25) is 14.4 Å². The quantitative estimate of drug-likeness (QED) is 0.228. The molecule has 0 spiro atoms. The van der Waals surface area contributed by atoms with E-state index in [0.717, 1.165) is 0 Å². The molecule has 0 radical (unpaired) electrons. The first-order valence-corrected chi connectivity index (χ1v) is 11.4. The lowest BCUT2D eigenvalue weighted by molar-refractivity contribution is -0.147. The first-order chi connectivity index (χ1) is 16.8. The van der Waals surface area contributed by atoms with E-state index in [-0.39, 0.29) is 36.1 Å². The normalized spacial score (nSPS) is 25.1. The summed E-state index contributed by atoms with van der Waals surface area (Å²) < 4.78 is 0. The van der Waals surface area contributed by atoms with Gasteiger partial charge in [-0.25, -0.2) is 4.79 Å². The highest BCUT2D eigenvalue weighted by Crippen LogP contribution is 2.54. The van der Waals surface area contributed by atoms with E-state index in [1.165, 1.54) is 0 Å². The number of nitrogens with two attached hydrogens (primary N) is 1. The topological polar surface area (TPSA) is 203 Å². The van der Waals surface area contributed by atoms with Crippen LogP contribution in [0.4, 0.5) is 16.2 Å². The molecule has 1 saturated carbocycles. The Balaban J connectivity index is 1.92. The van der Waals surface area contributed by atoms with E-state index in [2.05, 4.69) is 10.6 Å². The van der Waals surface area contributed by atoms with Crippen molar-refractivity contribution >= 4 is 40.6 Å². The number of hydrogen-bond donors (Lipinski definition) is 7. The van der Waals surface area contributed by atoms with Crippen molar-refractivity contribution in [3.8, 4) is 5.75 Å². The van der Waals surface area contributed by atoms with Gasteiger partial charge in [-0.05, 0) is 37.3 Å². The number of amides is 3. The fourth-order valence-corrected chi connectivity index (χ4v) is 5.49. The Morgan fingerprint density at radius 3 is 2.44 bits per heavy atom. The van der Waals surface area contributed by atoms with Crippen molar-refractivity contribution in [2.24, 2.45) is 17.6 Å². The lowest BCUT2D eigenvalue weighted by Gasteiger charge is -2.46. The molecule has 0 aliphatic heterocycles. The molecule has 1 fully saturated rings. The lowest BCUT2D eigenvalue weighted by atomic mass is 9.59. The van der Waals surface area contributed by atoms with Gasteiger partial charge in [-0.2, -0.15) is 0 Å². The van der Waals surface area contributed by atoms with Gasteiger partial charge in [0.15, 0.2) is 17.1 Å². The molecule has 1 aromatic carbocycles. The number of nitrogens with one attached hydrogen (secondary N) is 2. The molecule has 0 bridgehead atoms. The molecule has 3 aliphatic carbocycles. The molecule has 4 rings (SSSR count). The van der Waals surface area contributed by atoms with Crippen molar-refractivity contribution in [3.63, 3.8) is 0 Å². The Labute approximate surface area is 206 Å². The molecule has 0 unspecified atom stereocenters. The van der Waals surface area contributed by atoms with Gasteiger partial charge in [0.25, 0.3) is 5.91 Å². The number of phenols is 1. The molecule has 1 aromatic rings. The number of aliphatic hydroxyl groups is 3. The second-order valence-corrected chi connectivity index (χ2v) is 9.43. The maximum atomic E-state index is 13.6. The zero-order valence-corrected chi connectivity index (χ0v) is 20.0. The van der Waals surface area contributed by atoms with Crippen LogP contribution in [-0.4, -0.2) is 70.2 Å². The molecule has 0 aromatic heterocycles. The minimum atomic E-state index is -2.63. The Bertz CT molecular complexity index is 1280. The van der Waals surface area contributed by atoms with Crippen LogP contribution >= 0.6 is 0 Å². The second-order valence-electron chi connectivity index (χ2n) is 9.43. The van der Waals surface area contributed by atoms with Crippen LogP contribution < -0.4 is 21.3 Å². The van der Waals surface area contributed by atoms with Crippen molar-refractivity contribution in [1.82, 2.24) is 5.32 Å². The van der Waals surface area contributed by atoms with Crippen LogP contribution in [0.3, 0.4) is 0 Å². The molecule has 3 atom stereocenters. The van der Waals surface area contributed by atoms with Gasteiger partial charge in [0, 0.05) is 44.2 Å². The largest absolute Gasteiger partial charge is 0.508 e. The fraction of sp³-hybridized carbons (Fsp3) is 0.417. The Kier molecular flexibility index (Phi) is 5.95. The van der Waals surface area contributed by atoms with Gasteiger partial charge in [0.05, 0.1) is 11.3 Å². The van der Waals surface area contributed by atoms with Crippen LogP contribution in [0, 0.1) is 11.8 Å². The number of urea groups is 1. The van der Waals surface area contributed by atoms with Crippen LogP contribution in [0.2, 0.25) is 0 Å². The van der Waals surface area contributed by atoms with Gasteiger partial charge in [0.2, 0.25) is 5.78 Å². The number of nitrogens with zero attached hydrogens (tertiary/aromatic N) is 1. The van der Waals surface area contributed by atoms with Crippen LogP contribution in [-0.2, 0) is 20.8 Å². The minimum Gasteiger partial charge on any atom is -0.508 e. The molecule has 3 amide bonds. The lowest BCUT2D eigenvalue weighted by Crippen LogP contribution is -2.58. The van der Waals surface area contributed by atoms with Crippen LogP contribution in [0.1, 0.15) is 30.9 Å². The number of fused-ring (bicyclic) bond motifs is 3. The number of anilines is 2. The Morgan fingerprint density at radius 2 is 1.86 bits per heavy atom. The van der Waals surface area contributed by atoms with Gasteiger partial charge in [-0.1, -0.05) is 0 Å². The first-order valence-electron chi connectivity index (χ1n) is 11.4. The van der Waals surface area contributed by atoms with Gasteiger partial charge < -0.3 is 41.7 Å².